The second-order valence-electron chi connectivity index (χ2n) is 2.48. The number of rotatable bonds is 4. The van der Waals surface area contributed by atoms with E-state index in [4.69, 9.17) is 15.6 Å². The highest BCUT2D eigenvalue weighted by Gasteiger charge is 2.13. The number of nitrogens with zero attached hydrogens (tertiary/aromatic N) is 1. The van der Waals surface area contributed by atoms with Crippen LogP contribution in [0, 0.1) is 0 Å². The van der Waals surface area contributed by atoms with Crippen molar-refractivity contribution in [3.8, 4) is 5.88 Å². The van der Waals surface area contributed by atoms with Crippen molar-refractivity contribution < 1.29 is 14.6 Å². The van der Waals surface area contributed by atoms with Gasteiger partial charge in [-0.05, 0) is 11.5 Å². The Morgan fingerprint density at radius 2 is 2.62 bits per heavy atom. The molecule has 0 radical (unpaired) electrons. The van der Waals surface area contributed by atoms with Gasteiger partial charge in [-0.15, -0.1) is 0 Å². The zero-order chi connectivity index (χ0) is 9.84. The maximum absolute atomic E-state index is 10.3. The van der Waals surface area contributed by atoms with E-state index in [0.29, 0.717) is 5.88 Å². The van der Waals surface area contributed by atoms with Crippen molar-refractivity contribution in [2.45, 2.75) is 12.5 Å². The summed E-state index contributed by atoms with van der Waals surface area (Å²) < 4.78 is 8.76. The highest BCUT2D eigenvalue weighted by molar-refractivity contribution is 7.06. The number of ether oxygens (including phenoxy) is 1. The van der Waals surface area contributed by atoms with Gasteiger partial charge in [0, 0.05) is 10.9 Å². The summed E-state index contributed by atoms with van der Waals surface area (Å²) in [5.41, 5.74) is 5.60. The highest BCUT2D eigenvalue weighted by atomic mass is 32.1. The highest BCUT2D eigenvalue weighted by Crippen LogP contribution is 2.23. The average molecular weight is 202 g/mol. The number of methoxy groups -OCH3 is 1. The summed E-state index contributed by atoms with van der Waals surface area (Å²) in [5.74, 6) is -0.444. The molecule has 0 aromatic carbocycles. The van der Waals surface area contributed by atoms with Crippen LogP contribution in [-0.2, 0) is 4.79 Å². The molecule has 72 valence electrons. The van der Waals surface area contributed by atoms with Crippen LogP contribution in [0.4, 0.5) is 0 Å². The minimum absolute atomic E-state index is 0.0919. The molecule has 0 saturated heterocycles. The molecule has 13 heavy (non-hydrogen) atoms. The van der Waals surface area contributed by atoms with Crippen molar-refractivity contribution in [3.05, 3.63) is 10.9 Å². The first-order valence-corrected chi connectivity index (χ1v) is 4.38. The summed E-state index contributed by atoms with van der Waals surface area (Å²) in [5, 5.41) is 8.48. The van der Waals surface area contributed by atoms with Crippen molar-refractivity contribution in [3.63, 3.8) is 0 Å². The molecule has 1 atom stereocenters. The second kappa shape index (κ2) is 4.20. The van der Waals surface area contributed by atoms with Crippen LogP contribution in [0.25, 0.3) is 0 Å². The number of carbonyl (C=O) groups is 1. The molecule has 0 aliphatic heterocycles. The largest absolute Gasteiger partial charge is 0.481 e. The van der Waals surface area contributed by atoms with Crippen molar-refractivity contribution in [1.29, 1.82) is 0 Å². The van der Waals surface area contributed by atoms with Gasteiger partial charge in [0.25, 0.3) is 0 Å². The number of hydrogen-bond acceptors (Lipinski definition) is 5. The molecule has 3 N–H and O–H groups in total. The van der Waals surface area contributed by atoms with E-state index in [1.54, 1.807) is 6.07 Å². The van der Waals surface area contributed by atoms with E-state index in [1.807, 2.05) is 0 Å². The number of aliphatic carboxylic acids is 1. The lowest BCUT2D eigenvalue weighted by Gasteiger charge is -2.03. The van der Waals surface area contributed by atoms with Crippen molar-refractivity contribution in [1.82, 2.24) is 4.37 Å². The van der Waals surface area contributed by atoms with Crippen LogP contribution in [0.15, 0.2) is 6.07 Å². The predicted octanol–water partition coefficient (Wildman–Crippen LogP) is 0.626. The normalized spacial score (nSPS) is 12.5. The van der Waals surface area contributed by atoms with Crippen LogP contribution in [-0.4, -0.2) is 22.6 Å². The lowest BCUT2D eigenvalue weighted by atomic mass is 10.2. The quantitative estimate of drug-likeness (QED) is 0.747. The third-order valence-corrected chi connectivity index (χ3v) is 2.38. The Hall–Kier alpha value is -1.14. The summed E-state index contributed by atoms with van der Waals surface area (Å²) in [4.78, 5) is 11.1. The zero-order valence-electron chi connectivity index (χ0n) is 7.06. The van der Waals surface area contributed by atoms with Gasteiger partial charge in [-0.3, -0.25) is 4.79 Å². The van der Waals surface area contributed by atoms with E-state index < -0.39 is 12.0 Å². The number of aromatic nitrogens is 1. The molecule has 0 bridgehead atoms. The molecular weight excluding hydrogens is 192 g/mol. The molecule has 5 nitrogen and oxygen atoms in total. The lowest BCUT2D eigenvalue weighted by Crippen LogP contribution is -2.13. The fourth-order valence-electron chi connectivity index (χ4n) is 0.832. The fraction of sp³-hybridized carbons (Fsp3) is 0.429. The minimum Gasteiger partial charge on any atom is -0.481 e. The van der Waals surface area contributed by atoms with E-state index >= 15 is 0 Å². The van der Waals surface area contributed by atoms with Gasteiger partial charge in [-0.25, -0.2) is 0 Å². The Morgan fingerprint density at radius 1 is 1.92 bits per heavy atom. The summed E-state index contributed by atoms with van der Waals surface area (Å²) in [6, 6.07) is 1.15. The second-order valence-corrected chi connectivity index (χ2v) is 3.31. The Balaban J connectivity index is 2.65. The van der Waals surface area contributed by atoms with Crippen molar-refractivity contribution >= 4 is 17.5 Å². The van der Waals surface area contributed by atoms with Gasteiger partial charge in [0.1, 0.15) is 0 Å². The smallest absolute Gasteiger partial charge is 0.305 e. The van der Waals surface area contributed by atoms with Crippen molar-refractivity contribution in [2.75, 3.05) is 7.11 Å². The van der Waals surface area contributed by atoms with E-state index in [2.05, 4.69) is 4.37 Å². The SMILES string of the molecule is COc1cc([C@@H](N)CC(=O)O)sn1. The number of hydrogen-bond donors (Lipinski definition) is 2. The zero-order valence-corrected chi connectivity index (χ0v) is 7.87. The Bertz CT molecular complexity index is 300. The predicted molar refractivity (Wildman–Crippen MR) is 47.8 cm³/mol. The van der Waals surface area contributed by atoms with E-state index in [1.165, 1.54) is 7.11 Å². The molecule has 6 heteroatoms. The van der Waals surface area contributed by atoms with Crippen LogP contribution in [0.1, 0.15) is 17.3 Å². The fourth-order valence-corrected chi connectivity index (χ4v) is 1.53. The number of carboxylic acids is 1. The van der Waals surface area contributed by atoms with Gasteiger partial charge in [0.05, 0.1) is 19.6 Å². The number of carboxylic acid groups (broad SMARTS) is 1. The van der Waals surface area contributed by atoms with E-state index in [-0.39, 0.29) is 6.42 Å². The van der Waals surface area contributed by atoms with Gasteiger partial charge in [0.15, 0.2) is 0 Å². The third kappa shape index (κ3) is 2.67. The molecule has 1 aromatic rings. The molecule has 0 amide bonds. The Kier molecular flexibility index (Phi) is 3.21. The maximum atomic E-state index is 10.3. The van der Waals surface area contributed by atoms with Crippen LogP contribution >= 0.6 is 11.5 Å². The monoisotopic (exact) mass is 202 g/mol. The molecule has 1 aromatic heterocycles. The topological polar surface area (TPSA) is 85.4 Å². The maximum Gasteiger partial charge on any atom is 0.305 e. The minimum atomic E-state index is -0.917. The van der Waals surface area contributed by atoms with Gasteiger partial charge in [0.2, 0.25) is 5.88 Å². The molecule has 0 spiro atoms. The Morgan fingerprint density at radius 3 is 3.08 bits per heavy atom. The van der Waals surface area contributed by atoms with E-state index in [0.717, 1.165) is 16.4 Å². The van der Waals surface area contributed by atoms with Gasteiger partial charge in [-0.2, -0.15) is 4.37 Å². The van der Waals surface area contributed by atoms with Gasteiger partial charge in [-0.1, -0.05) is 0 Å². The van der Waals surface area contributed by atoms with Crippen LogP contribution < -0.4 is 10.5 Å². The molecule has 1 rings (SSSR count). The third-order valence-electron chi connectivity index (χ3n) is 1.48. The average Bonchev–Trinajstić information content (AvgIpc) is 2.50. The Labute approximate surface area is 79.3 Å². The summed E-state index contributed by atoms with van der Waals surface area (Å²) >= 11 is 1.16. The first-order valence-electron chi connectivity index (χ1n) is 3.61. The molecule has 0 aliphatic rings. The molecule has 1 heterocycles. The van der Waals surface area contributed by atoms with Crippen LogP contribution in [0.5, 0.6) is 5.88 Å². The number of nitrogens with two attached hydrogens (primary N) is 1. The molecule has 0 saturated carbocycles. The van der Waals surface area contributed by atoms with Gasteiger partial charge < -0.3 is 15.6 Å². The summed E-state index contributed by atoms with van der Waals surface area (Å²) in [7, 11) is 1.50. The first kappa shape index (κ1) is 9.94. The van der Waals surface area contributed by atoms with Crippen molar-refractivity contribution in [2.24, 2.45) is 5.73 Å². The first-order chi connectivity index (χ1) is 6.13. The lowest BCUT2D eigenvalue weighted by molar-refractivity contribution is -0.137. The summed E-state index contributed by atoms with van der Waals surface area (Å²) in [6.45, 7) is 0. The van der Waals surface area contributed by atoms with E-state index in [9.17, 15) is 4.79 Å². The van der Waals surface area contributed by atoms with Crippen LogP contribution in [0.3, 0.4) is 0 Å². The molecule has 0 aliphatic carbocycles. The van der Waals surface area contributed by atoms with Crippen LogP contribution in [0.2, 0.25) is 0 Å². The molecule has 0 unspecified atom stereocenters. The van der Waals surface area contributed by atoms with Gasteiger partial charge >= 0.3 is 5.97 Å². The summed E-state index contributed by atoms with van der Waals surface area (Å²) in [6.07, 6.45) is -0.0919. The molecular formula is C7H10N2O3S. The standard InChI is InChI=1S/C7H10N2O3S/c1-12-6-3-5(13-9-6)4(8)2-7(10)11/h3-4H,2,8H2,1H3,(H,10,11)/t4-/m0/s1. The molecule has 0 fully saturated rings.